The Bertz CT molecular complexity index is 466. The first-order valence-electron chi connectivity index (χ1n) is 7.24. The van der Waals surface area contributed by atoms with E-state index < -0.39 is 0 Å². The van der Waals surface area contributed by atoms with E-state index in [9.17, 15) is 4.79 Å². The normalized spacial score (nSPS) is 23.4. The van der Waals surface area contributed by atoms with Crippen LogP contribution in [0.2, 0.25) is 0 Å². The Morgan fingerprint density at radius 3 is 2.60 bits per heavy atom. The van der Waals surface area contributed by atoms with Crippen LogP contribution in [0.3, 0.4) is 0 Å². The van der Waals surface area contributed by atoms with E-state index in [-0.39, 0.29) is 23.3 Å². The Labute approximate surface area is 124 Å². The number of anilines is 1. The van der Waals surface area contributed by atoms with Crippen molar-refractivity contribution in [3.63, 3.8) is 0 Å². The lowest BCUT2D eigenvalue weighted by atomic mass is 9.84. The SMILES string of the molecule is CNC(=O)C1CCCCC1Nc1nc(C(C)(C)C)ns1. The zero-order valence-corrected chi connectivity index (χ0v) is 13.5. The first-order valence-corrected chi connectivity index (χ1v) is 8.01. The molecule has 6 heteroatoms. The van der Waals surface area contributed by atoms with Crippen molar-refractivity contribution in [2.75, 3.05) is 12.4 Å². The molecule has 1 heterocycles. The quantitative estimate of drug-likeness (QED) is 0.899. The third-order valence-corrected chi connectivity index (χ3v) is 4.40. The molecule has 1 fully saturated rings. The molecule has 1 amide bonds. The zero-order valence-electron chi connectivity index (χ0n) is 12.7. The molecular formula is C14H24N4OS. The number of hydrogen-bond acceptors (Lipinski definition) is 5. The van der Waals surface area contributed by atoms with Crippen LogP contribution in [0.5, 0.6) is 0 Å². The highest BCUT2D eigenvalue weighted by molar-refractivity contribution is 7.09. The molecule has 2 rings (SSSR count). The summed E-state index contributed by atoms with van der Waals surface area (Å²) in [7, 11) is 1.71. The van der Waals surface area contributed by atoms with Gasteiger partial charge in [-0.05, 0) is 12.8 Å². The van der Waals surface area contributed by atoms with Gasteiger partial charge < -0.3 is 10.6 Å². The molecule has 0 aromatic carbocycles. The van der Waals surface area contributed by atoms with Gasteiger partial charge in [0.2, 0.25) is 11.0 Å². The van der Waals surface area contributed by atoms with E-state index in [1.54, 1.807) is 7.05 Å². The molecule has 1 aromatic rings. The van der Waals surface area contributed by atoms with Gasteiger partial charge in [-0.15, -0.1) is 0 Å². The monoisotopic (exact) mass is 296 g/mol. The maximum Gasteiger partial charge on any atom is 0.224 e. The summed E-state index contributed by atoms with van der Waals surface area (Å²) < 4.78 is 4.41. The van der Waals surface area contributed by atoms with Gasteiger partial charge in [0.1, 0.15) is 5.82 Å². The van der Waals surface area contributed by atoms with E-state index in [1.807, 2.05) is 0 Å². The summed E-state index contributed by atoms with van der Waals surface area (Å²) in [5.74, 6) is 1.02. The number of carbonyl (C=O) groups is 1. The Hall–Kier alpha value is -1.17. The highest BCUT2D eigenvalue weighted by Gasteiger charge is 2.31. The summed E-state index contributed by atoms with van der Waals surface area (Å²) in [6.45, 7) is 6.31. The molecule has 0 aliphatic heterocycles. The van der Waals surface area contributed by atoms with Crippen molar-refractivity contribution in [3.05, 3.63) is 5.82 Å². The van der Waals surface area contributed by atoms with Gasteiger partial charge in [-0.25, -0.2) is 4.98 Å². The van der Waals surface area contributed by atoms with Crippen molar-refractivity contribution in [2.24, 2.45) is 5.92 Å². The summed E-state index contributed by atoms with van der Waals surface area (Å²) >= 11 is 1.39. The Kier molecular flexibility index (Phi) is 4.62. The number of hydrogen-bond donors (Lipinski definition) is 2. The number of carbonyl (C=O) groups excluding carboxylic acids is 1. The fraction of sp³-hybridized carbons (Fsp3) is 0.786. The summed E-state index contributed by atoms with van der Waals surface area (Å²) in [5, 5.41) is 7.02. The maximum atomic E-state index is 11.9. The van der Waals surface area contributed by atoms with Crippen LogP contribution in [0.4, 0.5) is 5.13 Å². The van der Waals surface area contributed by atoms with E-state index in [0.717, 1.165) is 36.6 Å². The van der Waals surface area contributed by atoms with Crippen LogP contribution in [0.25, 0.3) is 0 Å². The molecule has 1 aliphatic rings. The molecule has 0 bridgehead atoms. The molecule has 0 saturated heterocycles. The lowest BCUT2D eigenvalue weighted by Gasteiger charge is -2.30. The topological polar surface area (TPSA) is 66.9 Å². The molecule has 0 spiro atoms. The van der Waals surface area contributed by atoms with Crippen molar-refractivity contribution in [1.82, 2.24) is 14.7 Å². The number of amides is 1. The first kappa shape index (κ1) is 15.2. The van der Waals surface area contributed by atoms with Crippen LogP contribution in [-0.4, -0.2) is 28.4 Å². The minimum atomic E-state index is -0.0385. The van der Waals surface area contributed by atoms with Gasteiger partial charge in [0.05, 0.1) is 5.92 Å². The van der Waals surface area contributed by atoms with Gasteiger partial charge in [-0.3, -0.25) is 4.79 Å². The molecule has 2 atom stereocenters. The van der Waals surface area contributed by atoms with E-state index >= 15 is 0 Å². The number of nitrogens with one attached hydrogen (secondary N) is 2. The van der Waals surface area contributed by atoms with Gasteiger partial charge in [0.25, 0.3) is 0 Å². The Morgan fingerprint density at radius 1 is 1.30 bits per heavy atom. The Morgan fingerprint density at radius 2 is 2.00 bits per heavy atom. The van der Waals surface area contributed by atoms with Crippen molar-refractivity contribution < 1.29 is 4.79 Å². The predicted molar refractivity (Wildman–Crippen MR) is 82.0 cm³/mol. The summed E-state index contributed by atoms with van der Waals surface area (Å²) in [6.07, 6.45) is 4.25. The number of aromatic nitrogens is 2. The number of rotatable bonds is 3. The van der Waals surface area contributed by atoms with Crippen molar-refractivity contribution >= 4 is 22.6 Å². The van der Waals surface area contributed by atoms with Crippen LogP contribution in [0, 0.1) is 5.92 Å². The maximum absolute atomic E-state index is 11.9. The second kappa shape index (κ2) is 6.08. The van der Waals surface area contributed by atoms with Crippen molar-refractivity contribution in [2.45, 2.75) is 57.9 Å². The largest absolute Gasteiger partial charge is 0.359 e. The molecule has 2 unspecified atom stereocenters. The van der Waals surface area contributed by atoms with Gasteiger partial charge >= 0.3 is 0 Å². The standard InChI is InChI=1S/C14H24N4OS/c1-14(2,3)12-17-13(20-18-12)16-10-8-6-5-7-9(10)11(19)15-4/h9-10H,5-8H2,1-4H3,(H,15,19)(H,16,17,18). The van der Waals surface area contributed by atoms with Gasteiger partial charge in [0, 0.05) is 30.0 Å². The van der Waals surface area contributed by atoms with Gasteiger partial charge in [0.15, 0.2) is 0 Å². The molecular weight excluding hydrogens is 272 g/mol. The van der Waals surface area contributed by atoms with E-state index in [2.05, 4.69) is 40.8 Å². The second-order valence-corrected chi connectivity index (χ2v) is 7.18. The third kappa shape index (κ3) is 3.48. The van der Waals surface area contributed by atoms with Crippen LogP contribution >= 0.6 is 11.5 Å². The summed E-state index contributed by atoms with van der Waals surface area (Å²) in [4.78, 5) is 16.5. The highest BCUT2D eigenvalue weighted by Crippen LogP contribution is 2.29. The number of nitrogens with zero attached hydrogens (tertiary/aromatic N) is 2. The average Bonchev–Trinajstić information content (AvgIpc) is 2.87. The molecule has 5 nitrogen and oxygen atoms in total. The molecule has 1 aliphatic carbocycles. The lowest BCUT2D eigenvalue weighted by molar-refractivity contribution is -0.125. The van der Waals surface area contributed by atoms with Crippen LogP contribution in [0.1, 0.15) is 52.3 Å². The van der Waals surface area contributed by atoms with E-state index in [1.165, 1.54) is 11.5 Å². The lowest BCUT2D eigenvalue weighted by Crippen LogP contribution is -2.41. The zero-order chi connectivity index (χ0) is 14.8. The van der Waals surface area contributed by atoms with Crippen LogP contribution < -0.4 is 10.6 Å². The summed E-state index contributed by atoms with van der Waals surface area (Å²) in [5.41, 5.74) is -0.0385. The smallest absolute Gasteiger partial charge is 0.224 e. The van der Waals surface area contributed by atoms with E-state index in [4.69, 9.17) is 0 Å². The minimum absolute atomic E-state index is 0.0377. The van der Waals surface area contributed by atoms with Crippen molar-refractivity contribution in [1.29, 1.82) is 0 Å². The third-order valence-electron chi connectivity index (χ3n) is 3.75. The van der Waals surface area contributed by atoms with Crippen molar-refractivity contribution in [3.8, 4) is 0 Å². The summed E-state index contributed by atoms with van der Waals surface area (Å²) in [6, 6.07) is 0.171. The van der Waals surface area contributed by atoms with Crippen LogP contribution in [0.15, 0.2) is 0 Å². The molecule has 0 radical (unpaired) electrons. The highest BCUT2D eigenvalue weighted by atomic mass is 32.1. The van der Waals surface area contributed by atoms with Gasteiger partial charge in [-0.2, -0.15) is 4.37 Å². The fourth-order valence-electron chi connectivity index (χ4n) is 2.55. The fourth-order valence-corrected chi connectivity index (χ4v) is 3.37. The first-order chi connectivity index (χ1) is 9.41. The van der Waals surface area contributed by atoms with Crippen LogP contribution in [-0.2, 0) is 10.2 Å². The average molecular weight is 296 g/mol. The second-order valence-electron chi connectivity index (χ2n) is 6.43. The predicted octanol–water partition coefficient (Wildman–Crippen LogP) is 2.55. The molecule has 112 valence electrons. The van der Waals surface area contributed by atoms with E-state index in [0.29, 0.717) is 0 Å². The molecule has 1 saturated carbocycles. The minimum Gasteiger partial charge on any atom is -0.359 e. The van der Waals surface area contributed by atoms with Gasteiger partial charge in [-0.1, -0.05) is 33.6 Å². The molecule has 20 heavy (non-hydrogen) atoms. The molecule has 2 N–H and O–H groups in total. The molecule has 1 aromatic heterocycles. The Balaban J connectivity index is 2.07.